The Bertz CT molecular complexity index is 380. The molecule has 1 aromatic heterocycles. The second-order valence-corrected chi connectivity index (χ2v) is 5.87. The third-order valence-corrected chi connectivity index (χ3v) is 3.91. The quantitative estimate of drug-likeness (QED) is 0.836. The molecule has 0 spiro atoms. The lowest BCUT2D eigenvalue weighted by Gasteiger charge is -2.24. The van der Waals surface area contributed by atoms with E-state index in [0.29, 0.717) is 6.04 Å². The summed E-state index contributed by atoms with van der Waals surface area (Å²) in [6.45, 7) is 6.45. The molecule has 2 aliphatic rings. The van der Waals surface area contributed by atoms with Crippen molar-refractivity contribution in [2.75, 3.05) is 19.6 Å². The molecule has 100 valence electrons. The van der Waals surface area contributed by atoms with Crippen LogP contribution in [-0.4, -0.2) is 35.7 Å². The lowest BCUT2D eigenvalue weighted by molar-refractivity contribution is 0.206. The number of rotatable bonds is 6. The minimum atomic E-state index is 0.674. The predicted octanol–water partition coefficient (Wildman–Crippen LogP) is 1.95. The van der Waals surface area contributed by atoms with Gasteiger partial charge in [0.2, 0.25) is 0 Å². The second-order valence-electron chi connectivity index (χ2n) is 5.87. The van der Waals surface area contributed by atoms with E-state index < -0.39 is 0 Å². The van der Waals surface area contributed by atoms with Gasteiger partial charge in [0.25, 0.3) is 0 Å². The minimum absolute atomic E-state index is 0.674. The first-order valence-electron chi connectivity index (χ1n) is 7.17. The van der Waals surface area contributed by atoms with Crippen molar-refractivity contribution in [3.63, 3.8) is 0 Å². The molecule has 0 bridgehead atoms. The lowest BCUT2D eigenvalue weighted by atomic mass is 10.2. The lowest BCUT2D eigenvalue weighted by Crippen LogP contribution is -2.38. The van der Waals surface area contributed by atoms with Gasteiger partial charge in [-0.15, -0.1) is 0 Å². The Labute approximate surface area is 109 Å². The van der Waals surface area contributed by atoms with E-state index in [2.05, 4.69) is 21.4 Å². The normalized spacial score (nSPS) is 24.0. The van der Waals surface area contributed by atoms with Crippen LogP contribution in [-0.2, 0) is 6.54 Å². The first-order valence-corrected chi connectivity index (χ1v) is 7.17. The van der Waals surface area contributed by atoms with Crippen molar-refractivity contribution >= 4 is 0 Å². The topological polar surface area (TPSA) is 41.3 Å². The van der Waals surface area contributed by atoms with Gasteiger partial charge in [0.15, 0.2) is 5.76 Å². The number of nitrogens with zero attached hydrogens (tertiary/aromatic N) is 2. The maximum atomic E-state index is 5.35. The van der Waals surface area contributed by atoms with Crippen LogP contribution in [0.15, 0.2) is 10.6 Å². The summed E-state index contributed by atoms with van der Waals surface area (Å²) >= 11 is 0. The highest BCUT2D eigenvalue weighted by molar-refractivity contribution is 5.03. The highest BCUT2D eigenvalue weighted by Crippen LogP contribution is 2.30. The summed E-state index contributed by atoms with van der Waals surface area (Å²) in [7, 11) is 0. The molecule has 4 heteroatoms. The SMILES string of the molecule is Cc1cc(CN(CC2CC2)CC2CCCN2)on1. The monoisotopic (exact) mass is 249 g/mol. The van der Waals surface area contributed by atoms with Crippen molar-refractivity contribution in [3.8, 4) is 0 Å². The second kappa shape index (κ2) is 5.41. The van der Waals surface area contributed by atoms with Gasteiger partial charge in [0, 0.05) is 25.2 Å². The third kappa shape index (κ3) is 3.33. The number of aryl methyl sites for hydroxylation is 1. The summed E-state index contributed by atoms with van der Waals surface area (Å²) in [5.41, 5.74) is 0.982. The molecule has 1 N–H and O–H groups in total. The maximum absolute atomic E-state index is 5.35. The summed E-state index contributed by atoms with van der Waals surface area (Å²) in [5.74, 6) is 1.93. The van der Waals surface area contributed by atoms with E-state index in [-0.39, 0.29) is 0 Å². The van der Waals surface area contributed by atoms with Gasteiger partial charge in [0.05, 0.1) is 12.2 Å². The Balaban J connectivity index is 1.57. The van der Waals surface area contributed by atoms with E-state index in [1.54, 1.807) is 0 Å². The van der Waals surface area contributed by atoms with Crippen molar-refractivity contribution in [2.24, 2.45) is 5.92 Å². The van der Waals surface area contributed by atoms with Gasteiger partial charge in [-0.1, -0.05) is 5.16 Å². The average Bonchev–Trinajstić information content (AvgIpc) is 2.84. The van der Waals surface area contributed by atoms with Crippen molar-refractivity contribution in [3.05, 3.63) is 17.5 Å². The predicted molar refractivity (Wildman–Crippen MR) is 70.3 cm³/mol. The van der Waals surface area contributed by atoms with Crippen LogP contribution in [0.4, 0.5) is 0 Å². The van der Waals surface area contributed by atoms with E-state index in [4.69, 9.17) is 4.52 Å². The summed E-state index contributed by atoms with van der Waals surface area (Å²) in [6, 6.07) is 2.73. The van der Waals surface area contributed by atoms with Gasteiger partial charge >= 0.3 is 0 Å². The van der Waals surface area contributed by atoms with E-state index in [0.717, 1.165) is 30.5 Å². The van der Waals surface area contributed by atoms with E-state index in [1.807, 2.05) is 6.92 Å². The molecule has 1 unspecified atom stereocenters. The number of hydrogen-bond acceptors (Lipinski definition) is 4. The highest BCUT2D eigenvalue weighted by Gasteiger charge is 2.27. The summed E-state index contributed by atoms with van der Waals surface area (Å²) in [4.78, 5) is 2.54. The van der Waals surface area contributed by atoms with Gasteiger partial charge in [-0.2, -0.15) is 0 Å². The van der Waals surface area contributed by atoms with Crippen LogP contribution in [0.1, 0.15) is 37.1 Å². The van der Waals surface area contributed by atoms with Crippen molar-refractivity contribution in [2.45, 2.75) is 45.2 Å². The summed E-state index contributed by atoms with van der Waals surface area (Å²) in [6.07, 6.45) is 5.45. The molecular weight excluding hydrogens is 226 g/mol. The van der Waals surface area contributed by atoms with Crippen LogP contribution in [0.5, 0.6) is 0 Å². The van der Waals surface area contributed by atoms with Crippen molar-refractivity contribution in [1.82, 2.24) is 15.4 Å². The average molecular weight is 249 g/mol. The molecule has 1 atom stereocenters. The van der Waals surface area contributed by atoms with Crippen molar-refractivity contribution < 1.29 is 4.52 Å². The molecule has 1 aliphatic carbocycles. The Hall–Kier alpha value is -0.870. The zero-order valence-electron chi connectivity index (χ0n) is 11.2. The molecular formula is C14H23N3O. The van der Waals surface area contributed by atoms with Crippen LogP contribution in [0.25, 0.3) is 0 Å². The Morgan fingerprint density at radius 1 is 1.39 bits per heavy atom. The fraction of sp³-hybridized carbons (Fsp3) is 0.786. The van der Waals surface area contributed by atoms with Gasteiger partial charge in [-0.05, 0) is 45.1 Å². The molecule has 1 saturated carbocycles. The van der Waals surface area contributed by atoms with E-state index in [1.165, 1.54) is 38.8 Å². The molecule has 1 aromatic rings. The minimum Gasteiger partial charge on any atom is -0.360 e. The molecule has 1 saturated heterocycles. The molecule has 2 fully saturated rings. The molecule has 3 rings (SSSR count). The van der Waals surface area contributed by atoms with Crippen LogP contribution in [0.2, 0.25) is 0 Å². The van der Waals surface area contributed by atoms with Crippen LogP contribution in [0.3, 0.4) is 0 Å². The molecule has 2 heterocycles. The number of nitrogens with one attached hydrogen (secondary N) is 1. The van der Waals surface area contributed by atoms with Crippen LogP contribution < -0.4 is 5.32 Å². The fourth-order valence-electron chi connectivity index (χ4n) is 2.80. The van der Waals surface area contributed by atoms with E-state index >= 15 is 0 Å². The van der Waals surface area contributed by atoms with Crippen molar-refractivity contribution in [1.29, 1.82) is 0 Å². The summed E-state index contributed by atoms with van der Waals surface area (Å²) < 4.78 is 5.35. The zero-order valence-corrected chi connectivity index (χ0v) is 11.2. The molecule has 4 nitrogen and oxygen atoms in total. The highest BCUT2D eigenvalue weighted by atomic mass is 16.5. The molecule has 1 aliphatic heterocycles. The van der Waals surface area contributed by atoms with Gasteiger partial charge in [0.1, 0.15) is 0 Å². The first-order chi connectivity index (χ1) is 8.79. The zero-order chi connectivity index (χ0) is 12.4. The largest absolute Gasteiger partial charge is 0.360 e. The molecule has 0 radical (unpaired) electrons. The van der Waals surface area contributed by atoms with Crippen LogP contribution >= 0.6 is 0 Å². The Kier molecular flexibility index (Phi) is 3.66. The molecule has 0 amide bonds. The Morgan fingerprint density at radius 3 is 2.89 bits per heavy atom. The summed E-state index contributed by atoms with van der Waals surface area (Å²) in [5, 5.41) is 7.56. The van der Waals surface area contributed by atoms with Gasteiger partial charge < -0.3 is 9.84 Å². The first kappa shape index (κ1) is 12.2. The maximum Gasteiger partial charge on any atom is 0.150 e. The van der Waals surface area contributed by atoms with Gasteiger partial charge in [-0.3, -0.25) is 4.90 Å². The van der Waals surface area contributed by atoms with Gasteiger partial charge in [-0.25, -0.2) is 0 Å². The van der Waals surface area contributed by atoms with E-state index in [9.17, 15) is 0 Å². The Morgan fingerprint density at radius 2 is 2.28 bits per heavy atom. The smallest absolute Gasteiger partial charge is 0.150 e. The standard InChI is InChI=1S/C14H23N3O/c1-11-7-14(18-16-11)10-17(8-12-4-5-12)9-13-3-2-6-15-13/h7,12-13,15H,2-6,8-10H2,1H3. The van der Waals surface area contributed by atoms with Crippen LogP contribution in [0, 0.1) is 12.8 Å². The molecule has 0 aromatic carbocycles. The fourth-order valence-corrected chi connectivity index (χ4v) is 2.80. The number of aromatic nitrogens is 1. The molecule has 18 heavy (non-hydrogen) atoms. The number of hydrogen-bond donors (Lipinski definition) is 1. The third-order valence-electron chi connectivity index (χ3n) is 3.91.